The van der Waals surface area contributed by atoms with Gasteiger partial charge in [-0.05, 0) is 60.4 Å². The fourth-order valence-electron chi connectivity index (χ4n) is 4.17. The van der Waals surface area contributed by atoms with Crippen molar-refractivity contribution in [3.05, 3.63) is 66.5 Å². The van der Waals surface area contributed by atoms with E-state index in [2.05, 4.69) is 42.9 Å². The number of aryl methyl sites for hydroxylation is 1. The van der Waals surface area contributed by atoms with Crippen molar-refractivity contribution >= 4 is 6.16 Å². The molecule has 198 valence electrons. The lowest BCUT2D eigenvalue weighted by molar-refractivity contribution is 0.0970. The number of aromatic nitrogens is 2. The predicted octanol–water partition coefficient (Wildman–Crippen LogP) is 9.06. The fraction of sp³-hybridized carbons (Fsp3) is 0.469. The highest BCUT2D eigenvalue weighted by atomic mass is 16.7. The second-order valence-electron chi connectivity index (χ2n) is 9.89. The number of hydrogen-bond acceptors (Lipinski definition) is 5. The number of nitrogens with zero attached hydrogens (tertiary/aromatic N) is 2. The van der Waals surface area contributed by atoms with Crippen molar-refractivity contribution in [1.82, 2.24) is 9.97 Å². The molecule has 37 heavy (non-hydrogen) atoms. The molecule has 0 aliphatic rings. The third-order valence-electron chi connectivity index (χ3n) is 6.81. The first-order valence-electron chi connectivity index (χ1n) is 14.0. The van der Waals surface area contributed by atoms with E-state index in [4.69, 9.17) is 9.47 Å². The summed E-state index contributed by atoms with van der Waals surface area (Å²) in [4.78, 5) is 21.1. The molecule has 3 rings (SSSR count). The van der Waals surface area contributed by atoms with Gasteiger partial charge >= 0.3 is 6.16 Å². The summed E-state index contributed by atoms with van der Waals surface area (Å²) in [6.07, 6.45) is 14.9. The Morgan fingerprint density at radius 3 is 2.05 bits per heavy atom. The van der Waals surface area contributed by atoms with Crippen molar-refractivity contribution in [1.29, 1.82) is 0 Å². The molecule has 0 saturated heterocycles. The van der Waals surface area contributed by atoms with Crippen molar-refractivity contribution < 1.29 is 14.3 Å². The van der Waals surface area contributed by atoms with Crippen LogP contribution in [0.1, 0.15) is 84.1 Å². The van der Waals surface area contributed by atoms with Gasteiger partial charge in [0.25, 0.3) is 0 Å². The molecule has 0 bridgehead atoms. The third kappa shape index (κ3) is 9.99. The number of carbonyl (C=O) groups is 1. The Morgan fingerprint density at radius 2 is 1.41 bits per heavy atom. The summed E-state index contributed by atoms with van der Waals surface area (Å²) in [5.41, 5.74) is 4.30. The molecular formula is C32H42N2O3. The van der Waals surface area contributed by atoms with Crippen LogP contribution in [-0.4, -0.2) is 22.7 Å². The largest absolute Gasteiger partial charge is 0.513 e. The predicted molar refractivity (Wildman–Crippen MR) is 151 cm³/mol. The maximum atomic E-state index is 11.9. The lowest BCUT2D eigenvalue weighted by Gasteiger charge is -2.09. The molecule has 1 heterocycles. The van der Waals surface area contributed by atoms with Crippen molar-refractivity contribution in [2.45, 2.75) is 85.0 Å². The van der Waals surface area contributed by atoms with Crippen LogP contribution in [0.4, 0.5) is 4.79 Å². The van der Waals surface area contributed by atoms with Crippen LogP contribution in [0.2, 0.25) is 0 Å². The Kier molecular flexibility index (Phi) is 12.1. The molecule has 0 saturated carbocycles. The van der Waals surface area contributed by atoms with Gasteiger partial charge in [-0.3, -0.25) is 0 Å². The van der Waals surface area contributed by atoms with Crippen LogP contribution in [0, 0.1) is 5.92 Å². The van der Waals surface area contributed by atoms with E-state index in [-0.39, 0.29) is 0 Å². The smallest absolute Gasteiger partial charge is 0.434 e. The van der Waals surface area contributed by atoms with E-state index in [0.717, 1.165) is 54.1 Å². The minimum atomic E-state index is -0.650. The average Bonchev–Trinajstić information content (AvgIpc) is 2.93. The van der Waals surface area contributed by atoms with Gasteiger partial charge in [0.1, 0.15) is 5.75 Å². The third-order valence-corrected chi connectivity index (χ3v) is 6.81. The van der Waals surface area contributed by atoms with Gasteiger partial charge in [0.2, 0.25) is 0 Å². The molecule has 0 aliphatic heterocycles. The molecule has 0 N–H and O–H groups in total. The lowest BCUT2D eigenvalue weighted by atomic mass is 10.0. The van der Waals surface area contributed by atoms with Gasteiger partial charge in [0.05, 0.1) is 6.61 Å². The molecule has 1 atom stereocenters. The van der Waals surface area contributed by atoms with Crippen molar-refractivity contribution in [2.24, 2.45) is 5.92 Å². The van der Waals surface area contributed by atoms with Gasteiger partial charge in [0.15, 0.2) is 5.82 Å². The minimum absolute atomic E-state index is 0.394. The van der Waals surface area contributed by atoms with Gasteiger partial charge in [0, 0.05) is 18.0 Å². The Morgan fingerprint density at radius 1 is 0.784 bits per heavy atom. The summed E-state index contributed by atoms with van der Waals surface area (Å²) in [6.45, 7) is 7.08. The van der Waals surface area contributed by atoms with Gasteiger partial charge in [-0.25, -0.2) is 14.8 Å². The van der Waals surface area contributed by atoms with Gasteiger partial charge < -0.3 is 9.47 Å². The Hall–Kier alpha value is -3.21. The maximum Gasteiger partial charge on any atom is 0.513 e. The minimum Gasteiger partial charge on any atom is -0.434 e. The highest BCUT2D eigenvalue weighted by Crippen LogP contribution is 2.25. The quantitative estimate of drug-likeness (QED) is 0.118. The van der Waals surface area contributed by atoms with Crippen LogP contribution in [0.3, 0.4) is 0 Å². The van der Waals surface area contributed by atoms with E-state index in [1.54, 1.807) is 12.1 Å². The SMILES string of the molecule is CCCCCCCc1cnc(-c2ccc(-c3ccc(OC(=O)OCCCCC(C)CC)cc3)cc2)nc1. The van der Waals surface area contributed by atoms with Crippen LogP contribution in [0.15, 0.2) is 60.9 Å². The van der Waals surface area contributed by atoms with Crippen LogP contribution in [0.5, 0.6) is 5.75 Å². The zero-order valence-corrected chi connectivity index (χ0v) is 22.7. The zero-order valence-electron chi connectivity index (χ0n) is 22.7. The van der Waals surface area contributed by atoms with Gasteiger partial charge in [-0.15, -0.1) is 0 Å². The summed E-state index contributed by atoms with van der Waals surface area (Å²) >= 11 is 0. The van der Waals surface area contributed by atoms with Crippen LogP contribution in [-0.2, 0) is 11.2 Å². The number of rotatable bonds is 15. The first kappa shape index (κ1) is 28.4. The van der Waals surface area contributed by atoms with Gasteiger partial charge in [-0.1, -0.05) is 95.7 Å². The highest BCUT2D eigenvalue weighted by Gasteiger charge is 2.08. The number of ether oxygens (including phenoxy) is 2. The second kappa shape index (κ2) is 15.8. The van der Waals surface area contributed by atoms with E-state index in [1.807, 2.05) is 36.7 Å². The summed E-state index contributed by atoms with van der Waals surface area (Å²) in [6, 6.07) is 15.7. The second-order valence-corrected chi connectivity index (χ2v) is 9.89. The van der Waals surface area contributed by atoms with Crippen LogP contribution in [0.25, 0.3) is 22.5 Å². The Balaban J connectivity index is 1.45. The van der Waals surface area contributed by atoms with Crippen molar-refractivity contribution in [3.8, 4) is 28.3 Å². The van der Waals surface area contributed by atoms with Crippen molar-refractivity contribution in [2.75, 3.05) is 6.61 Å². The van der Waals surface area contributed by atoms with Crippen LogP contribution < -0.4 is 4.74 Å². The van der Waals surface area contributed by atoms with E-state index in [0.29, 0.717) is 12.4 Å². The number of hydrogen-bond donors (Lipinski definition) is 0. The number of carbonyl (C=O) groups excluding carboxylic acids is 1. The molecule has 0 fully saturated rings. The molecule has 1 aromatic heterocycles. The maximum absolute atomic E-state index is 11.9. The monoisotopic (exact) mass is 502 g/mol. The Labute approximate surface area is 222 Å². The molecule has 5 heteroatoms. The van der Waals surface area contributed by atoms with E-state index >= 15 is 0 Å². The lowest BCUT2D eigenvalue weighted by Crippen LogP contribution is -2.11. The molecule has 0 aliphatic carbocycles. The molecule has 1 unspecified atom stereocenters. The van der Waals surface area contributed by atoms with E-state index in [9.17, 15) is 4.79 Å². The summed E-state index contributed by atoms with van der Waals surface area (Å²) in [7, 11) is 0. The van der Waals surface area contributed by atoms with Crippen molar-refractivity contribution in [3.63, 3.8) is 0 Å². The zero-order chi connectivity index (χ0) is 26.3. The van der Waals surface area contributed by atoms with E-state index < -0.39 is 6.16 Å². The standard InChI is InChI=1S/C32H42N2O3/c1-4-6-7-8-9-13-26-23-33-31(34-24-26)29-16-14-27(15-17-29)28-18-20-30(21-19-28)37-32(35)36-22-11-10-12-25(3)5-2/h14-21,23-25H,4-13,22H2,1-3H3. The van der Waals surface area contributed by atoms with E-state index in [1.165, 1.54) is 44.1 Å². The average molecular weight is 503 g/mol. The highest BCUT2D eigenvalue weighted by molar-refractivity contribution is 5.69. The fourth-order valence-corrected chi connectivity index (χ4v) is 4.17. The molecule has 5 nitrogen and oxygen atoms in total. The first-order valence-corrected chi connectivity index (χ1v) is 14.0. The molecule has 0 amide bonds. The molecule has 2 aromatic carbocycles. The number of benzene rings is 2. The molecule has 0 spiro atoms. The summed E-state index contributed by atoms with van der Waals surface area (Å²) in [5.74, 6) is 1.93. The summed E-state index contributed by atoms with van der Waals surface area (Å²) < 4.78 is 10.5. The topological polar surface area (TPSA) is 61.3 Å². The van der Waals surface area contributed by atoms with Gasteiger partial charge in [-0.2, -0.15) is 0 Å². The Bertz CT molecular complexity index is 1050. The van der Waals surface area contributed by atoms with Crippen LogP contribution >= 0.6 is 0 Å². The summed E-state index contributed by atoms with van der Waals surface area (Å²) in [5, 5.41) is 0. The molecule has 0 radical (unpaired) electrons. The first-order chi connectivity index (χ1) is 18.1. The number of unbranched alkanes of at least 4 members (excludes halogenated alkanes) is 5. The normalized spacial score (nSPS) is 11.8. The molecule has 3 aromatic rings. The molecular weight excluding hydrogens is 460 g/mol.